The number of fused-ring (bicyclic) bond motifs is 4. The summed E-state index contributed by atoms with van der Waals surface area (Å²) in [6.07, 6.45) is 2.40. The van der Waals surface area contributed by atoms with Crippen molar-refractivity contribution in [3.8, 4) is 16.9 Å². The SMILES string of the molecule is Cc1cc(OCCCc2c3n(c4c(-c5c(C)nn(C)c5C)c(Cl)ccc24)[C@H](C)CN(c2cccc4c2N(C)CC4)C3=O)cc(C)c1Cl. The number of nitrogens with zero attached hydrogens (tertiary/aromatic N) is 5. The van der Waals surface area contributed by atoms with Gasteiger partial charge in [-0.15, -0.1) is 0 Å². The molecule has 244 valence electrons. The van der Waals surface area contributed by atoms with Crippen molar-refractivity contribution in [2.24, 2.45) is 7.05 Å². The zero-order chi connectivity index (χ0) is 33.3. The molecule has 0 saturated heterocycles. The lowest BCUT2D eigenvalue weighted by Crippen LogP contribution is -2.43. The van der Waals surface area contributed by atoms with E-state index in [0.717, 1.165) is 97.3 Å². The van der Waals surface area contributed by atoms with Crippen LogP contribution >= 0.6 is 23.2 Å². The normalized spacial score (nSPS) is 15.9. The van der Waals surface area contributed by atoms with Gasteiger partial charge in [0.25, 0.3) is 5.91 Å². The van der Waals surface area contributed by atoms with Crippen molar-refractivity contribution in [3.63, 3.8) is 0 Å². The van der Waals surface area contributed by atoms with E-state index >= 15 is 0 Å². The first-order valence-corrected chi connectivity index (χ1v) is 17.1. The van der Waals surface area contributed by atoms with Gasteiger partial charge in [-0.25, -0.2) is 0 Å². The van der Waals surface area contributed by atoms with Crippen LogP contribution < -0.4 is 14.5 Å². The van der Waals surface area contributed by atoms with Crippen LogP contribution in [0.15, 0.2) is 42.5 Å². The minimum Gasteiger partial charge on any atom is -0.494 e. The number of carbonyl (C=O) groups excluding carboxylic acids is 1. The molecule has 0 unspecified atom stereocenters. The molecule has 3 aromatic carbocycles. The maximum atomic E-state index is 14.9. The average molecular weight is 671 g/mol. The number of halogens is 2. The second-order valence-corrected chi connectivity index (χ2v) is 14.0. The lowest BCUT2D eigenvalue weighted by Gasteiger charge is -2.36. The number of rotatable bonds is 7. The van der Waals surface area contributed by atoms with E-state index in [1.54, 1.807) is 0 Å². The Hall–Kier alpha value is -3.94. The number of likely N-dealkylation sites (N-methyl/N-ethyl adjacent to an activating group) is 1. The topological polar surface area (TPSA) is 55.5 Å². The highest BCUT2D eigenvalue weighted by Crippen LogP contribution is 2.46. The van der Waals surface area contributed by atoms with Crippen molar-refractivity contribution in [1.29, 1.82) is 0 Å². The molecule has 2 aliphatic rings. The van der Waals surface area contributed by atoms with Gasteiger partial charge < -0.3 is 19.1 Å². The van der Waals surface area contributed by atoms with Gasteiger partial charge in [0.05, 0.1) is 34.2 Å². The van der Waals surface area contributed by atoms with Crippen LogP contribution in [-0.2, 0) is 19.9 Å². The molecule has 0 aliphatic carbocycles. The summed E-state index contributed by atoms with van der Waals surface area (Å²) < 4.78 is 10.4. The molecule has 0 fully saturated rings. The van der Waals surface area contributed by atoms with E-state index in [1.807, 2.05) is 55.6 Å². The minimum absolute atomic E-state index is 0.00674. The van der Waals surface area contributed by atoms with E-state index < -0.39 is 0 Å². The van der Waals surface area contributed by atoms with Crippen molar-refractivity contribution in [1.82, 2.24) is 14.3 Å². The first-order valence-electron chi connectivity index (χ1n) is 16.4. The Bertz CT molecular complexity index is 2050. The van der Waals surface area contributed by atoms with Crippen molar-refractivity contribution < 1.29 is 9.53 Å². The van der Waals surface area contributed by atoms with Crippen LogP contribution in [0.4, 0.5) is 11.4 Å². The highest BCUT2D eigenvalue weighted by molar-refractivity contribution is 6.35. The van der Waals surface area contributed by atoms with E-state index in [4.69, 9.17) is 33.0 Å². The van der Waals surface area contributed by atoms with E-state index in [1.165, 1.54) is 5.56 Å². The van der Waals surface area contributed by atoms with Crippen LogP contribution in [0.2, 0.25) is 10.0 Å². The second kappa shape index (κ2) is 11.9. The molecule has 0 N–H and O–H groups in total. The van der Waals surface area contributed by atoms with Gasteiger partial charge in [0.2, 0.25) is 0 Å². The average Bonchev–Trinajstić information content (AvgIpc) is 3.66. The lowest BCUT2D eigenvalue weighted by molar-refractivity contribution is 0.0957. The van der Waals surface area contributed by atoms with Gasteiger partial charge in [-0.05, 0) is 100 Å². The van der Waals surface area contributed by atoms with E-state index in [-0.39, 0.29) is 11.9 Å². The maximum Gasteiger partial charge on any atom is 0.275 e. The molecule has 47 heavy (non-hydrogen) atoms. The molecule has 4 heterocycles. The molecule has 0 spiro atoms. The van der Waals surface area contributed by atoms with Crippen molar-refractivity contribution >= 4 is 51.4 Å². The van der Waals surface area contributed by atoms with E-state index in [9.17, 15) is 4.79 Å². The van der Waals surface area contributed by atoms with Gasteiger partial charge >= 0.3 is 0 Å². The number of para-hydroxylation sites is 1. The monoisotopic (exact) mass is 669 g/mol. The predicted octanol–water partition coefficient (Wildman–Crippen LogP) is 8.81. The minimum atomic E-state index is 0.00674. The quantitative estimate of drug-likeness (QED) is 0.163. The highest BCUT2D eigenvalue weighted by Gasteiger charge is 2.38. The number of hydrogen-bond donors (Lipinski definition) is 0. The molecule has 0 saturated carbocycles. The molecule has 1 atom stereocenters. The third-order valence-electron chi connectivity index (χ3n) is 10.1. The Morgan fingerprint density at radius 1 is 1.00 bits per heavy atom. The summed E-state index contributed by atoms with van der Waals surface area (Å²) in [4.78, 5) is 19.2. The van der Waals surface area contributed by atoms with Gasteiger partial charge in [0.15, 0.2) is 0 Å². The van der Waals surface area contributed by atoms with Crippen LogP contribution in [0.5, 0.6) is 5.75 Å². The van der Waals surface area contributed by atoms with Crippen LogP contribution in [0.3, 0.4) is 0 Å². The van der Waals surface area contributed by atoms with Crippen LogP contribution in [0.25, 0.3) is 22.0 Å². The summed E-state index contributed by atoms with van der Waals surface area (Å²) in [7, 11) is 4.08. The van der Waals surface area contributed by atoms with Crippen LogP contribution in [-0.4, -0.2) is 47.0 Å². The van der Waals surface area contributed by atoms with E-state index in [2.05, 4.69) is 54.6 Å². The summed E-state index contributed by atoms with van der Waals surface area (Å²) in [5, 5.41) is 7.21. The summed E-state index contributed by atoms with van der Waals surface area (Å²) in [5.74, 6) is 0.831. The fourth-order valence-electron chi connectivity index (χ4n) is 7.78. The van der Waals surface area contributed by atoms with Gasteiger partial charge in [-0.2, -0.15) is 5.10 Å². The molecule has 2 aromatic heterocycles. The number of aromatic nitrogens is 3. The van der Waals surface area contributed by atoms with Gasteiger partial charge in [-0.3, -0.25) is 9.48 Å². The predicted molar refractivity (Wildman–Crippen MR) is 193 cm³/mol. The van der Waals surface area contributed by atoms with Crippen LogP contribution in [0, 0.1) is 27.7 Å². The molecule has 7 rings (SSSR count). The third kappa shape index (κ3) is 5.10. The van der Waals surface area contributed by atoms with Crippen molar-refractivity contribution in [2.45, 2.75) is 59.9 Å². The largest absolute Gasteiger partial charge is 0.494 e. The van der Waals surface area contributed by atoms with Crippen molar-refractivity contribution in [2.75, 3.05) is 36.5 Å². The smallest absolute Gasteiger partial charge is 0.275 e. The summed E-state index contributed by atoms with van der Waals surface area (Å²) in [6.45, 7) is 12.3. The molecule has 9 heteroatoms. The molecular weight excluding hydrogens is 629 g/mol. The zero-order valence-corrected chi connectivity index (χ0v) is 29.7. The van der Waals surface area contributed by atoms with Crippen LogP contribution in [0.1, 0.15) is 63.5 Å². The standard InChI is InChI=1S/C38H41Cl2N5O2/c1-21-18-27(19-22(2)34(21)40)47-17-9-11-28-29-13-14-30(39)33(32-24(4)41-43(7)25(32)5)36(29)45-23(3)20-44(38(46)37(28)45)31-12-8-10-26-15-16-42(6)35(26)31/h8,10,12-14,18-19,23H,9,11,15-17,20H2,1-7H3/t23-/m1/s1. The number of aryl methyl sites for hydroxylation is 5. The van der Waals surface area contributed by atoms with Gasteiger partial charge in [0.1, 0.15) is 11.4 Å². The molecule has 7 nitrogen and oxygen atoms in total. The summed E-state index contributed by atoms with van der Waals surface area (Å²) in [5.41, 5.74) is 12.1. The lowest BCUT2D eigenvalue weighted by atomic mass is 9.98. The van der Waals surface area contributed by atoms with Gasteiger partial charge in [0, 0.05) is 60.5 Å². The molecule has 0 bridgehead atoms. The first-order chi connectivity index (χ1) is 22.5. The Morgan fingerprint density at radius 3 is 2.45 bits per heavy atom. The number of amides is 1. The second-order valence-electron chi connectivity index (χ2n) is 13.2. The Labute approximate surface area is 286 Å². The highest BCUT2D eigenvalue weighted by atomic mass is 35.5. The number of hydrogen-bond acceptors (Lipinski definition) is 4. The molecule has 5 aromatic rings. The first kappa shape index (κ1) is 31.6. The maximum absolute atomic E-state index is 14.9. The number of ether oxygens (including phenoxy) is 1. The number of carbonyl (C=O) groups is 1. The van der Waals surface area contributed by atoms with Gasteiger partial charge in [-0.1, -0.05) is 41.4 Å². The summed E-state index contributed by atoms with van der Waals surface area (Å²) >= 11 is 13.5. The Balaban J connectivity index is 1.36. The molecular formula is C38H41Cl2N5O2. The summed E-state index contributed by atoms with van der Waals surface area (Å²) in [6, 6.07) is 14.4. The number of anilines is 2. The molecule has 1 amide bonds. The Morgan fingerprint density at radius 2 is 1.74 bits per heavy atom. The fraction of sp³-hybridized carbons (Fsp3) is 0.368. The number of benzene rings is 3. The van der Waals surface area contributed by atoms with Crippen molar-refractivity contribution in [3.05, 3.63) is 91.8 Å². The van der Waals surface area contributed by atoms with E-state index in [0.29, 0.717) is 24.6 Å². The third-order valence-corrected chi connectivity index (χ3v) is 11.0. The fourth-order valence-corrected chi connectivity index (χ4v) is 8.13. The Kier molecular flexibility index (Phi) is 8.04. The molecule has 2 aliphatic heterocycles. The molecule has 0 radical (unpaired) electrons. The zero-order valence-electron chi connectivity index (χ0n) is 28.2.